The number of benzene rings is 1. The number of aryl methyl sites for hydroxylation is 1. The molecule has 0 saturated heterocycles. The fourth-order valence-corrected chi connectivity index (χ4v) is 2.95. The molecule has 1 aliphatic carbocycles. The third-order valence-electron chi connectivity index (χ3n) is 4.82. The van der Waals surface area contributed by atoms with Crippen molar-refractivity contribution in [3.63, 3.8) is 0 Å². The van der Waals surface area contributed by atoms with Gasteiger partial charge < -0.3 is 15.2 Å². The van der Waals surface area contributed by atoms with Crippen molar-refractivity contribution in [2.24, 2.45) is 5.92 Å². The highest BCUT2D eigenvalue weighted by Crippen LogP contribution is 2.29. The Kier molecular flexibility index (Phi) is 5.12. The van der Waals surface area contributed by atoms with Crippen LogP contribution in [0.2, 0.25) is 0 Å². The maximum Gasteiger partial charge on any atom is 0.263 e. The third kappa shape index (κ3) is 4.07. The summed E-state index contributed by atoms with van der Waals surface area (Å²) in [5.74, 6) is -0.777. The minimum absolute atomic E-state index is 0.104. The zero-order valence-electron chi connectivity index (χ0n) is 15.5. The second kappa shape index (κ2) is 7.34. The number of amides is 2. The summed E-state index contributed by atoms with van der Waals surface area (Å²) in [7, 11) is 1.42. The van der Waals surface area contributed by atoms with Crippen molar-refractivity contribution in [3.05, 3.63) is 68.9 Å². The van der Waals surface area contributed by atoms with E-state index in [0.29, 0.717) is 17.0 Å². The third-order valence-corrected chi connectivity index (χ3v) is 4.82. The largest absolute Gasteiger partial charge is 0.355 e. The zero-order valence-corrected chi connectivity index (χ0v) is 15.5. The number of carbonyl (C=O) groups is 2. The van der Waals surface area contributed by atoms with Crippen molar-refractivity contribution >= 4 is 11.8 Å². The van der Waals surface area contributed by atoms with Crippen molar-refractivity contribution in [1.82, 2.24) is 15.2 Å². The molecule has 142 valence electrons. The van der Waals surface area contributed by atoms with Crippen LogP contribution in [0.1, 0.15) is 45.2 Å². The number of nitrogens with zero attached hydrogens (tertiary/aromatic N) is 1. The first-order valence-electron chi connectivity index (χ1n) is 8.82. The minimum atomic E-state index is -0.557. The summed E-state index contributed by atoms with van der Waals surface area (Å²) in [4.78, 5) is 37.3. The van der Waals surface area contributed by atoms with E-state index >= 15 is 0 Å². The van der Waals surface area contributed by atoms with Gasteiger partial charge in [0.15, 0.2) is 0 Å². The first-order valence-corrected chi connectivity index (χ1v) is 8.82. The van der Waals surface area contributed by atoms with Gasteiger partial charge in [-0.3, -0.25) is 14.4 Å². The molecule has 0 aliphatic heterocycles. The lowest BCUT2D eigenvalue weighted by Crippen LogP contribution is -2.34. The van der Waals surface area contributed by atoms with E-state index in [1.54, 1.807) is 19.1 Å². The van der Waals surface area contributed by atoms with Crippen LogP contribution in [0, 0.1) is 18.7 Å². The van der Waals surface area contributed by atoms with Crippen molar-refractivity contribution in [1.29, 1.82) is 0 Å². The second-order valence-corrected chi connectivity index (χ2v) is 7.03. The van der Waals surface area contributed by atoms with Gasteiger partial charge in [-0.25, -0.2) is 4.39 Å². The van der Waals surface area contributed by atoms with Crippen LogP contribution in [0.4, 0.5) is 4.39 Å². The van der Waals surface area contributed by atoms with Crippen molar-refractivity contribution < 1.29 is 14.0 Å². The van der Waals surface area contributed by atoms with Gasteiger partial charge >= 0.3 is 0 Å². The molecule has 27 heavy (non-hydrogen) atoms. The molecule has 2 aromatic rings. The van der Waals surface area contributed by atoms with Gasteiger partial charge in [-0.05, 0) is 42.5 Å². The Balaban J connectivity index is 1.98. The fourth-order valence-electron chi connectivity index (χ4n) is 2.95. The Bertz CT molecular complexity index is 967. The first-order chi connectivity index (χ1) is 12.8. The molecule has 1 aromatic carbocycles. The van der Waals surface area contributed by atoms with Crippen LogP contribution >= 0.6 is 0 Å². The molecule has 7 heteroatoms. The summed E-state index contributed by atoms with van der Waals surface area (Å²) in [6.07, 6.45) is 2.36. The molecule has 0 unspecified atom stereocenters. The summed E-state index contributed by atoms with van der Waals surface area (Å²) in [5, 5.41) is 5.32. The second-order valence-electron chi connectivity index (χ2n) is 7.03. The van der Waals surface area contributed by atoms with Gasteiger partial charge in [0.1, 0.15) is 11.4 Å². The molecule has 1 fully saturated rings. The predicted molar refractivity (Wildman–Crippen MR) is 99.4 cm³/mol. The normalized spacial score (nSPS) is 18.1. The van der Waals surface area contributed by atoms with Gasteiger partial charge in [0, 0.05) is 19.3 Å². The SMILES string of the molecule is CNC(=O)c1cc(C(=O)N[C@H]2C[C@@H]2C)cn(Cc2ccc(F)c(C)c2)c1=O. The zero-order chi connectivity index (χ0) is 19.7. The number of pyridine rings is 1. The van der Waals surface area contributed by atoms with E-state index in [9.17, 15) is 18.8 Å². The summed E-state index contributed by atoms with van der Waals surface area (Å²) < 4.78 is 14.8. The summed E-state index contributed by atoms with van der Waals surface area (Å²) >= 11 is 0. The van der Waals surface area contributed by atoms with Gasteiger partial charge in [-0.2, -0.15) is 0 Å². The number of aromatic nitrogens is 1. The van der Waals surface area contributed by atoms with Gasteiger partial charge in [0.05, 0.1) is 12.1 Å². The fraction of sp³-hybridized carbons (Fsp3) is 0.350. The number of hydrogen-bond donors (Lipinski definition) is 2. The van der Waals surface area contributed by atoms with E-state index in [4.69, 9.17) is 0 Å². The van der Waals surface area contributed by atoms with Gasteiger partial charge in [-0.15, -0.1) is 0 Å². The minimum Gasteiger partial charge on any atom is -0.355 e. The summed E-state index contributed by atoms with van der Waals surface area (Å²) in [5.41, 5.74) is 0.794. The number of rotatable bonds is 5. The highest BCUT2D eigenvalue weighted by atomic mass is 19.1. The standard InChI is InChI=1S/C20H22FN3O3/c1-11-6-13(4-5-16(11)21)9-24-10-14(18(25)23-17-7-12(17)2)8-15(20(24)27)19(26)22-3/h4-6,8,10,12,17H,7,9H2,1-3H3,(H,22,26)(H,23,25)/t12-,17-/m0/s1. The lowest BCUT2D eigenvalue weighted by atomic mass is 10.1. The van der Waals surface area contributed by atoms with Crippen LogP contribution in [0.25, 0.3) is 0 Å². The molecule has 1 heterocycles. The molecule has 2 amide bonds. The molecule has 1 aliphatic rings. The molecule has 0 bridgehead atoms. The molecular formula is C20H22FN3O3. The van der Waals surface area contributed by atoms with Crippen LogP contribution in [0.15, 0.2) is 35.3 Å². The van der Waals surface area contributed by atoms with Crippen LogP contribution in [0.3, 0.4) is 0 Å². The van der Waals surface area contributed by atoms with E-state index < -0.39 is 11.5 Å². The maximum atomic E-state index is 13.5. The highest BCUT2D eigenvalue weighted by molar-refractivity contribution is 5.99. The molecule has 6 nitrogen and oxygen atoms in total. The highest BCUT2D eigenvalue weighted by Gasteiger charge is 2.34. The molecule has 2 atom stereocenters. The van der Waals surface area contributed by atoms with E-state index in [0.717, 1.165) is 6.42 Å². The van der Waals surface area contributed by atoms with Gasteiger partial charge in [-0.1, -0.05) is 19.1 Å². The smallest absolute Gasteiger partial charge is 0.263 e. The summed E-state index contributed by atoms with van der Waals surface area (Å²) in [6, 6.07) is 5.99. The number of halogens is 1. The van der Waals surface area contributed by atoms with Gasteiger partial charge in [0.25, 0.3) is 17.4 Å². The van der Waals surface area contributed by atoms with E-state index in [-0.39, 0.29) is 35.4 Å². The summed E-state index contributed by atoms with van der Waals surface area (Å²) in [6.45, 7) is 3.81. The van der Waals surface area contributed by atoms with Crippen LogP contribution in [-0.4, -0.2) is 29.5 Å². The van der Waals surface area contributed by atoms with E-state index in [1.165, 1.54) is 29.9 Å². The molecule has 0 radical (unpaired) electrons. The Morgan fingerprint density at radius 1 is 1.26 bits per heavy atom. The number of nitrogens with one attached hydrogen (secondary N) is 2. The lowest BCUT2D eigenvalue weighted by molar-refractivity contribution is 0.0948. The quantitative estimate of drug-likeness (QED) is 0.842. The van der Waals surface area contributed by atoms with Crippen LogP contribution < -0.4 is 16.2 Å². The number of carbonyl (C=O) groups excluding carboxylic acids is 2. The van der Waals surface area contributed by atoms with E-state index in [2.05, 4.69) is 10.6 Å². The molecule has 2 N–H and O–H groups in total. The van der Waals surface area contributed by atoms with Crippen molar-refractivity contribution in [2.75, 3.05) is 7.05 Å². The number of hydrogen-bond acceptors (Lipinski definition) is 3. The molecular weight excluding hydrogens is 349 g/mol. The molecule has 1 saturated carbocycles. The average molecular weight is 371 g/mol. The van der Waals surface area contributed by atoms with Crippen molar-refractivity contribution in [2.45, 2.75) is 32.9 Å². The molecule has 0 spiro atoms. The Morgan fingerprint density at radius 3 is 2.56 bits per heavy atom. The Hall–Kier alpha value is -2.96. The topological polar surface area (TPSA) is 80.2 Å². The lowest BCUT2D eigenvalue weighted by Gasteiger charge is -2.12. The maximum absolute atomic E-state index is 13.5. The van der Waals surface area contributed by atoms with E-state index in [1.807, 2.05) is 6.92 Å². The Labute approximate surface area is 156 Å². The molecule has 3 rings (SSSR count). The van der Waals surface area contributed by atoms with Crippen LogP contribution in [-0.2, 0) is 6.54 Å². The van der Waals surface area contributed by atoms with Gasteiger partial charge in [0.2, 0.25) is 0 Å². The predicted octanol–water partition coefficient (Wildman–Crippen LogP) is 1.84. The van der Waals surface area contributed by atoms with Crippen LogP contribution in [0.5, 0.6) is 0 Å². The average Bonchev–Trinajstić information content (AvgIpc) is 3.33. The molecule has 1 aromatic heterocycles. The monoisotopic (exact) mass is 371 g/mol. The van der Waals surface area contributed by atoms with Crippen molar-refractivity contribution in [3.8, 4) is 0 Å². The Morgan fingerprint density at radius 2 is 1.96 bits per heavy atom. The first kappa shape index (κ1) is 18.8.